The second-order valence-corrected chi connectivity index (χ2v) is 3.64. The fourth-order valence-corrected chi connectivity index (χ4v) is 1.54. The van der Waals surface area contributed by atoms with Gasteiger partial charge in [0.2, 0.25) is 0 Å². The van der Waals surface area contributed by atoms with Crippen LogP contribution in [0.15, 0.2) is 18.2 Å². The number of nitrogen functional groups attached to an aromatic ring is 1. The van der Waals surface area contributed by atoms with Crippen molar-refractivity contribution in [3.8, 4) is 0 Å². The van der Waals surface area contributed by atoms with Gasteiger partial charge in [0.15, 0.2) is 0 Å². The second-order valence-electron chi connectivity index (χ2n) is 3.64. The lowest BCUT2D eigenvalue weighted by atomic mass is 10.0. The molecule has 15 heavy (non-hydrogen) atoms. The molecule has 1 fully saturated rings. The summed E-state index contributed by atoms with van der Waals surface area (Å²) in [5.74, 6) is 0.240. The summed E-state index contributed by atoms with van der Waals surface area (Å²) in [4.78, 5) is 0. The van der Waals surface area contributed by atoms with E-state index in [0.29, 0.717) is 11.6 Å². The molecule has 0 radical (unpaired) electrons. The Balaban J connectivity index is 0.000000980. The number of halogens is 3. The fourth-order valence-electron chi connectivity index (χ4n) is 1.54. The van der Waals surface area contributed by atoms with Gasteiger partial charge in [-0.15, -0.1) is 24.8 Å². The van der Waals surface area contributed by atoms with Gasteiger partial charge in [-0.25, -0.2) is 4.39 Å². The summed E-state index contributed by atoms with van der Waals surface area (Å²) < 4.78 is 12.9. The van der Waals surface area contributed by atoms with E-state index in [1.54, 1.807) is 6.07 Å². The Morgan fingerprint density at radius 2 is 1.87 bits per heavy atom. The van der Waals surface area contributed by atoms with Gasteiger partial charge in [-0.3, -0.25) is 0 Å². The fraction of sp³-hybridized carbons (Fsp3) is 0.400. The van der Waals surface area contributed by atoms with Gasteiger partial charge < -0.3 is 11.5 Å². The molecular weight excluding hydrogens is 238 g/mol. The van der Waals surface area contributed by atoms with Crippen molar-refractivity contribution >= 4 is 30.5 Å². The van der Waals surface area contributed by atoms with Gasteiger partial charge >= 0.3 is 0 Å². The Bertz CT molecular complexity index is 329. The highest BCUT2D eigenvalue weighted by Gasteiger charge is 2.30. The lowest BCUT2D eigenvalue weighted by Crippen LogP contribution is -2.14. The van der Waals surface area contributed by atoms with Crippen molar-refractivity contribution < 1.29 is 4.39 Å². The normalized spacial score (nSPS) is 16.1. The van der Waals surface area contributed by atoms with Crippen LogP contribution in [0.4, 0.5) is 10.1 Å². The van der Waals surface area contributed by atoms with Gasteiger partial charge in [-0.05, 0) is 42.5 Å². The average molecular weight is 253 g/mol. The minimum Gasteiger partial charge on any atom is -0.398 e. The van der Waals surface area contributed by atoms with E-state index in [9.17, 15) is 4.39 Å². The smallest absolute Gasteiger partial charge is 0.123 e. The van der Waals surface area contributed by atoms with E-state index in [0.717, 1.165) is 18.4 Å². The third-order valence-corrected chi connectivity index (χ3v) is 2.54. The van der Waals surface area contributed by atoms with Gasteiger partial charge in [-0.2, -0.15) is 0 Å². The zero-order valence-electron chi connectivity index (χ0n) is 8.15. The van der Waals surface area contributed by atoms with E-state index in [1.807, 2.05) is 0 Å². The van der Waals surface area contributed by atoms with E-state index in [-0.39, 0.29) is 36.7 Å². The molecule has 1 saturated carbocycles. The van der Waals surface area contributed by atoms with Crippen molar-refractivity contribution in [1.29, 1.82) is 0 Å². The summed E-state index contributed by atoms with van der Waals surface area (Å²) in [6.45, 7) is 0. The number of nitrogens with two attached hydrogens (primary N) is 2. The Morgan fingerprint density at radius 1 is 1.27 bits per heavy atom. The van der Waals surface area contributed by atoms with Crippen LogP contribution >= 0.6 is 24.8 Å². The van der Waals surface area contributed by atoms with Crippen LogP contribution in [-0.4, -0.2) is 0 Å². The molecule has 1 atom stereocenters. The maximum atomic E-state index is 12.9. The van der Waals surface area contributed by atoms with Crippen LogP contribution in [0.25, 0.3) is 0 Å². The lowest BCUT2D eigenvalue weighted by Gasteiger charge is -2.13. The van der Waals surface area contributed by atoms with Crippen molar-refractivity contribution in [1.82, 2.24) is 0 Å². The maximum absolute atomic E-state index is 12.9. The zero-order chi connectivity index (χ0) is 9.42. The molecule has 0 heterocycles. The van der Waals surface area contributed by atoms with Gasteiger partial charge in [0.05, 0.1) is 0 Å². The van der Waals surface area contributed by atoms with Crippen LogP contribution in [-0.2, 0) is 0 Å². The maximum Gasteiger partial charge on any atom is 0.123 e. The molecule has 2 nitrogen and oxygen atoms in total. The molecule has 1 aromatic rings. The van der Waals surface area contributed by atoms with Crippen LogP contribution in [0.3, 0.4) is 0 Å². The van der Waals surface area contributed by atoms with Crippen LogP contribution in [0.1, 0.15) is 24.4 Å². The Labute approximate surface area is 101 Å². The molecule has 86 valence electrons. The van der Waals surface area contributed by atoms with E-state index in [4.69, 9.17) is 11.5 Å². The minimum absolute atomic E-state index is 0. The van der Waals surface area contributed by atoms with Crippen LogP contribution < -0.4 is 11.5 Å². The number of benzene rings is 1. The highest BCUT2D eigenvalue weighted by atomic mass is 35.5. The first-order valence-corrected chi connectivity index (χ1v) is 4.49. The number of hydrogen-bond acceptors (Lipinski definition) is 2. The monoisotopic (exact) mass is 252 g/mol. The summed E-state index contributed by atoms with van der Waals surface area (Å²) in [5.41, 5.74) is 13.0. The Hall–Kier alpha value is -0.510. The summed E-state index contributed by atoms with van der Waals surface area (Å²) in [6, 6.07) is 4.29. The SMILES string of the molecule is Cl.Cl.Nc1ccc(F)cc1[C@H](N)C1CC1. The third-order valence-electron chi connectivity index (χ3n) is 2.54. The first-order chi connectivity index (χ1) is 6.18. The number of rotatable bonds is 2. The van der Waals surface area contributed by atoms with E-state index in [2.05, 4.69) is 0 Å². The number of hydrogen-bond donors (Lipinski definition) is 2. The molecule has 1 aliphatic carbocycles. The van der Waals surface area contributed by atoms with Gasteiger partial charge in [0, 0.05) is 11.7 Å². The number of anilines is 1. The molecular formula is C10H15Cl2FN2. The van der Waals surface area contributed by atoms with Gasteiger partial charge in [0.25, 0.3) is 0 Å². The average Bonchev–Trinajstić information content (AvgIpc) is 2.91. The molecule has 5 heteroatoms. The minimum atomic E-state index is -0.264. The van der Waals surface area contributed by atoms with Crippen molar-refractivity contribution in [2.24, 2.45) is 11.7 Å². The van der Waals surface area contributed by atoms with Gasteiger partial charge in [-0.1, -0.05) is 0 Å². The van der Waals surface area contributed by atoms with Crippen molar-refractivity contribution in [3.05, 3.63) is 29.6 Å². The van der Waals surface area contributed by atoms with E-state index < -0.39 is 0 Å². The summed E-state index contributed by atoms with van der Waals surface area (Å²) in [5, 5.41) is 0. The molecule has 0 amide bonds. The zero-order valence-corrected chi connectivity index (χ0v) is 9.78. The highest BCUT2D eigenvalue weighted by Crippen LogP contribution is 2.40. The van der Waals surface area contributed by atoms with E-state index in [1.165, 1.54) is 12.1 Å². The molecule has 1 aliphatic rings. The summed E-state index contributed by atoms with van der Waals surface area (Å²) in [7, 11) is 0. The molecule has 0 unspecified atom stereocenters. The molecule has 0 saturated heterocycles. The van der Waals surface area contributed by atoms with Crippen molar-refractivity contribution in [3.63, 3.8) is 0 Å². The molecule has 0 aliphatic heterocycles. The predicted octanol–water partition coefficient (Wildman–Crippen LogP) is 2.66. The first-order valence-electron chi connectivity index (χ1n) is 4.49. The van der Waals surface area contributed by atoms with E-state index >= 15 is 0 Å². The van der Waals surface area contributed by atoms with Crippen LogP contribution in [0, 0.1) is 11.7 Å². The second kappa shape index (κ2) is 5.54. The summed E-state index contributed by atoms with van der Waals surface area (Å²) in [6.07, 6.45) is 2.27. The lowest BCUT2D eigenvalue weighted by molar-refractivity contribution is 0.603. The Morgan fingerprint density at radius 3 is 2.40 bits per heavy atom. The van der Waals surface area contributed by atoms with Crippen molar-refractivity contribution in [2.75, 3.05) is 5.73 Å². The highest BCUT2D eigenvalue weighted by molar-refractivity contribution is 5.85. The van der Waals surface area contributed by atoms with Gasteiger partial charge in [0.1, 0.15) is 5.82 Å². The first kappa shape index (κ1) is 14.5. The molecule has 0 bridgehead atoms. The quantitative estimate of drug-likeness (QED) is 0.796. The predicted molar refractivity (Wildman–Crippen MR) is 65.0 cm³/mol. The summed E-state index contributed by atoms with van der Waals surface area (Å²) >= 11 is 0. The standard InChI is InChI=1S/C10H13FN2.2ClH/c11-7-3-4-9(12)8(5-7)10(13)6-1-2-6;;/h3-6,10H,1-2,12-13H2;2*1H/t10-;;/m1../s1. The molecule has 1 aromatic carbocycles. The topological polar surface area (TPSA) is 52.0 Å². The Kier molecular flexibility index (Phi) is 5.35. The molecule has 4 N–H and O–H groups in total. The van der Waals surface area contributed by atoms with Crippen molar-refractivity contribution in [2.45, 2.75) is 18.9 Å². The van der Waals surface area contributed by atoms with Crippen LogP contribution in [0.5, 0.6) is 0 Å². The molecule has 2 rings (SSSR count). The molecule has 0 spiro atoms. The largest absolute Gasteiger partial charge is 0.398 e. The van der Waals surface area contributed by atoms with Crippen LogP contribution in [0.2, 0.25) is 0 Å². The molecule has 0 aromatic heterocycles. The third kappa shape index (κ3) is 3.23.